The molecular weight excluding hydrogens is 444 g/mol. The number of hydrogen-bond donors (Lipinski definition) is 0. The Morgan fingerprint density at radius 1 is 0.750 bits per heavy atom. The molecule has 0 aliphatic carbocycles. The van der Waals surface area contributed by atoms with Crippen LogP contribution < -0.4 is 0 Å². The van der Waals surface area contributed by atoms with Gasteiger partial charge in [-0.2, -0.15) is 0 Å². The monoisotopic (exact) mass is 480 g/mol. The number of likely N-dealkylation sites (tertiary alicyclic amines) is 2. The number of aryl methyl sites for hydroxylation is 1. The standard InChI is InChI=1S/C32H36N2O2/c1-24-12-14-27(15-13-24)31(35)34-18-6-11-30(23-34)28-9-5-10-29(22-28)32(36)33-19-16-26(17-20-33)21-25-7-3-2-4-8-25/h2-5,7-10,12-15,22,26,30H,6,11,16-21,23H2,1H3/t30-/m1/s1. The van der Waals surface area contributed by atoms with E-state index in [2.05, 4.69) is 42.5 Å². The van der Waals surface area contributed by atoms with E-state index in [0.717, 1.165) is 68.4 Å². The van der Waals surface area contributed by atoms with Crippen molar-refractivity contribution in [2.45, 2.75) is 44.9 Å². The molecule has 0 saturated carbocycles. The van der Waals surface area contributed by atoms with Crippen LogP contribution >= 0.6 is 0 Å². The maximum absolute atomic E-state index is 13.3. The first-order valence-electron chi connectivity index (χ1n) is 13.4. The Labute approximate surface area is 214 Å². The molecule has 3 aromatic rings. The van der Waals surface area contributed by atoms with Crippen LogP contribution in [0, 0.1) is 12.8 Å². The lowest BCUT2D eigenvalue weighted by molar-refractivity contribution is 0.0684. The summed E-state index contributed by atoms with van der Waals surface area (Å²) in [5.74, 6) is 1.14. The molecule has 2 aliphatic rings. The van der Waals surface area contributed by atoms with E-state index in [9.17, 15) is 9.59 Å². The summed E-state index contributed by atoms with van der Waals surface area (Å²) in [5.41, 5.74) is 5.24. The van der Waals surface area contributed by atoms with Crippen LogP contribution in [-0.2, 0) is 6.42 Å². The largest absolute Gasteiger partial charge is 0.339 e. The van der Waals surface area contributed by atoms with Gasteiger partial charge < -0.3 is 9.80 Å². The first-order valence-corrected chi connectivity index (χ1v) is 13.4. The molecule has 2 fully saturated rings. The van der Waals surface area contributed by atoms with E-state index < -0.39 is 0 Å². The Balaban J connectivity index is 1.20. The van der Waals surface area contributed by atoms with Gasteiger partial charge in [0.2, 0.25) is 0 Å². The first kappa shape index (κ1) is 24.3. The van der Waals surface area contributed by atoms with Gasteiger partial charge in [-0.3, -0.25) is 9.59 Å². The molecule has 2 aliphatic heterocycles. The maximum atomic E-state index is 13.3. The highest BCUT2D eigenvalue weighted by Crippen LogP contribution is 2.29. The third-order valence-corrected chi connectivity index (χ3v) is 7.88. The quantitative estimate of drug-likeness (QED) is 0.442. The Kier molecular flexibility index (Phi) is 7.50. The van der Waals surface area contributed by atoms with Crippen LogP contribution in [0.1, 0.15) is 69.0 Å². The Morgan fingerprint density at radius 2 is 1.47 bits per heavy atom. The second-order valence-corrected chi connectivity index (χ2v) is 10.5. The number of benzene rings is 3. The second kappa shape index (κ2) is 11.1. The SMILES string of the molecule is Cc1ccc(C(=O)N2CCC[C@@H](c3cccc(C(=O)N4CCC(Cc5ccccc5)CC4)c3)C2)cc1. The summed E-state index contributed by atoms with van der Waals surface area (Å²) in [6.07, 6.45) is 5.23. The number of carbonyl (C=O) groups excluding carboxylic acids is 2. The van der Waals surface area contributed by atoms with Crippen molar-refractivity contribution in [1.82, 2.24) is 9.80 Å². The molecule has 4 heteroatoms. The molecule has 0 aromatic heterocycles. The molecule has 0 unspecified atom stereocenters. The molecule has 0 spiro atoms. The van der Waals surface area contributed by atoms with Crippen molar-refractivity contribution in [3.63, 3.8) is 0 Å². The van der Waals surface area contributed by atoms with E-state index >= 15 is 0 Å². The number of nitrogens with zero attached hydrogens (tertiary/aromatic N) is 2. The molecule has 2 heterocycles. The molecular formula is C32H36N2O2. The van der Waals surface area contributed by atoms with Crippen LogP contribution in [0.25, 0.3) is 0 Å². The second-order valence-electron chi connectivity index (χ2n) is 10.5. The molecule has 0 N–H and O–H groups in total. The van der Waals surface area contributed by atoms with Gasteiger partial charge in [0.05, 0.1) is 0 Å². The fourth-order valence-corrected chi connectivity index (χ4v) is 5.71. The van der Waals surface area contributed by atoms with Gasteiger partial charge in [0.15, 0.2) is 0 Å². The van der Waals surface area contributed by atoms with Crippen molar-refractivity contribution >= 4 is 11.8 Å². The van der Waals surface area contributed by atoms with E-state index in [1.807, 2.05) is 53.1 Å². The number of piperidine rings is 2. The lowest BCUT2D eigenvalue weighted by Crippen LogP contribution is -2.39. The molecule has 4 nitrogen and oxygen atoms in total. The van der Waals surface area contributed by atoms with Crippen LogP contribution in [-0.4, -0.2) is 47.8 Å². The van der Waals surface area contributed by atoms with Gasteiger partial charge in [-0.15, -0.1) is 0 Å². The zero-order valence-electron chi connectivity index (χ0n) is 21.2. The summed E-state index contributed by atoms with van der Waals surface area (Å²) >= 11 is 0. The molecule has 2 saturated heterocycles. The molecule has 2 amide bonds. The number of hydrogen-bond acceptors (Lipinski definition) is 2. The van der Waals surface area contributed by atoms with Crippen molar-refractivity contribution in [2.75, 3.05) is 26.2 Å². The minimum atomic E-state index is 0.102. The van der Waals surface area contributed by atoms with Gasteiger partial charge in [0.25, 0.3) is 11.8 Å². The molecule has 5 rings (SSSR count). The number of carbonyl (C=O) groups is 2. The highest BCUT2D eigenvalue weighted by atomic mass is 16.2. The third-order valence-electron chi connectivity index (χ3n) is 7.88. The number of amides is 2. The molecule has 3 aromatic carbocycles. The van der Waals surface area contributed by atoms with Crippen molar-refractivity contribution in [1.29, 1.82) is 0 Å². The fourth-order valence-electron chi connectivity index (χ4n) is 5.71. The minimum Gasteiger partial charge on any atom is -0.339 e. The zero-order chi connectivity index (χ0) is 24.9. The fraction of sp³-hybridized carbons (Fsp3) is 0.375. The predicted molar refractivity (Wildman–Crippen MR) is 144 cm³/mol. The summed E-state index contributed by atoms with van der Waals surface area (Å²) < 4.78 is 0. The Bertz CT molecular complexity index is 1180. The van der Waals surface area contributed by atoms with E-state index in [-0.39, 0.29) is 17.7 Å². The summed E-state index contributed by atoms with van der Waals surface area (Å²) in [6, 6.07) is 26.6. The normalized spacial score (nSPS) is 18.8. The Hall–Kier alpha value is -3.40. The maximum Gasteiger partial charge on any atom is 0.253 e. The summed E-state index contributed by atoms with van der Waals surface area (Å²) in [7, 11) is 0. The highest BCUT2D eigenvalue weighted by molar-refractivity contribution is 5.95. The lowest BCUT2D eigenvalue weighted by Gasteiger charge is -2.34. The summed E-state index contributed by atoms with van der Waals surface area (Å²) in [4.78, 5) is 30.4. The van der Waals surface area contributed by atoms with Gasteiger partial charge in [0.1, 0.15) is 0 Å². The van der Waals surface area contributed by atoms with Crippen LogP contribution in [0.4, 0.5) is 0 Å². The molecule has 0 radical (unpaired) electrons. The van der Waals surface area contributed by atoms with E-state index in [0.29, 0.717) is 12.5 Å². The predicted octanol–water partition coefficient (Wildman–Crippen LogP) is 6.11. The van der Waals surface area contributed by atoms with E-state index in [4.69, 9.17) is 0 Å². The van der Waals surface area contributed by atoms with Gasteiger partial charge in [-0.25, -0.2) is 0 Å². The van der Waals surface area contributed by atoms with Crippen LogP contribution in [0.15, 0.2) is 78.9 Å². The first-order chi connectivity index (χ1) is 17.6. The van der Waals surface area contributed by atoms with Gasteiger partial charge in [0, 0.05) is 43.2 Å². The van der Waals surface area contributed by atoms with Crippen LogP contribution in [0.5, 0.6) is 0 Å². The van der Waals surface area contributed by atoms with Gasteiger partial charge >= 0.3 is 0 Å². The third kappa shape index (κ3) is 5.70. The van der Waals surface area contributed by atoms with Gasteiger partial charge in [-0.1, -0.05) is 60.2 Å². The van der Waals surface area contributed by atoms with Crippen LogP contribution in [0.3, 0.4) is 0 Å². The molecule has 36 heavy (non-hydrogen) atoms. The summed E-state index contributed by atoms with van der Waals surface area (Å²) in [6.45, 7) is 5.17. The average Bonchev–Trinajstić information content (AvgIpc) is 2.94. The molecule has 0 bridgehead atoms. The highest BCUT2D eigenvalue weighted by Gasteiger charge is 2.27. The topological polar surface area (TPSA) is 40.6 Å². The molecule has 1 atom stereocenters. The van der Waals surface area contributed by atoms with Crippen molar-refractivity contribution < 1.29 is 9.59 Å². The van der Waals surface area contributed by atoms with Crippen LogP contribution in [0.2, 0.25) is 0 Å². The summed E-state index contributed by atoms with van der Waals surface area (Å²) in [5, 5.41) is 0. The Morgan fingerprint density at radius 3 is 2.22 bits per heavy atom. The van der Waals surface area contributed by atoms with E-state index in [1.54, 1.807) is 0 Å². The number of rotatable bonds is 5. The van der Waals surface area contributed by atoms with Crippen molar-refractivity contribution in [3.05, 3.63) is 107 Å². The van der Waals surface area contributed by atoms with Crippen molar-refractivity contribution in [3.8, 4) is 0 Å². The van der Waals surface area contributed by atoms with Crippen molar-refractivity contribution in [2.24, 2.45) is 5.92 Å². The van der Waals surface area contributed by atoms with Gasteiger partial charge in [-0.05, 0) is 80.3 Å². The van der Waals surface area contributed by atoms with E-state index in [1.165, 1.54) is 11.1 Å². The smallest absolute Gasteiger partial charge is 0.253 e. The molecule has 186 valence electrons. The zero-order valence-corrected chi connectivity index (χ0v) is 21.2. The minimum absolute atomic E-state index is 0.102. The average molecular weight is 481 g/mol. The lowest BCUT2D eigenvalue weighted by atomic mass is 9.88.